The maximum atomic E-state index is 10.5. The zero-order valence-electron chi connectivity index (χ0n) is 17.4. The number of aryl methyl sites for hydroxylation is 1. The van der Waals surface area contributed by atoms with E-state index in [4.69, 9.17) is 11.2 Å². The summed E-state index contributed by atoms with van der Waals surface area (Å²) in [6, 6.07) is 4.02. The van der Waals surface area contributed by atoms with Crippen molar-refractivity contribution in [3.63, 3.8) is 0 Å². The Labute approximate surface area is 169 Å². The molecule has 0 spiro atoms. The standard InChI is InChI=1S/C25H34O3/c1-5-6-22(26)15(2)20-9-10-21-18-8-7-16-13-23(27)24(28-4)14-19(16)17(18)11-12-25(20,21)3/h1,13-15,17-18,20-22,26-27H,6-12H2,2-4H3/t15?,17-,18+,20+,21-,22?,25+/m0/s1. The molecule has 0 heterocycles. The molecule has 2 saturated carbocycles. The molecule has 3 aliphatic rings. The summed E-state index contributed by atoms with van der Waals surface area (Å²) in [5.41, 5.74) is 3.00. The zero-order chi connectivity index (χ0) is 20.1. The van der Waals surface area contributed by atoms with Crippen LogP contribution in [0.2, 0.25) is 0 Å². The van der Waals surface area contributed by atoms with Crippen molar-refractivity contribution in [1.82, 2.24) is 0 Å². The van der Waals surface area contributed by atoms with Crippen molar-refractivity contribution in [3.05, 3.63) is 23.3 Å². The number of phenolic OH excluding ortho intramolecular Hbond substituents is 1. The van der Waals surface area contributed by atoms with E-state index in [1.54, 1.807) is 7.11 Å². The summed E-state index contributed by atoms with van der Waals surface area (Å²) in [7, 11) is 1.63. The van der Waals surface area contributed by atoms with E-state index in [2.05, 4.69) is 25.8 Å². The molecule has 1 aromatic carbocycles. The van der Waals surface area contributed by atoms with Gasteiger partial charge in [-0.3, -0.25) is 0 Å². The molecule has 0 saturated heterocycles. The number of fused-ring (bicyclic) bond motifs is 5. The van der Waals surface area contributed by atoms with Gasteiger partial charge in [-0.25, -0.2) is 0 Å². The third-order valence-electron chi connectivity index (χ3n) is 8.67. The quantitative estimate of drug-likeness (QED) is 0.729. The first kappa shape index (κ1) is 19.6. The summed E-state index contributed by atoms with van der Waals surface area (Å²) in [5.74, 6) is 6.30. The van der Waals surface area contributed by atoms with Gasteiger partial charge in [0.05, 0.1) is 13.2 Å². The Morgan fingerprint density at radius 3 is 2.79 bits per heavy atom. The second-order valence-corrected chi connectivity index (χ2v) is 9.70. The summed E-state index contributed by atoms with van der Waals surface area (Å²) in [6.45, 7) is 4.69. The average Bonchev–Trinajstić information content (AvgIpc) is 3.04. The lowest BCUT2D eigenvalue weighted by molar-refractivity contribution is -0.0184. The topological polar surface area (TPSA) is 49.7 Å². The van der Waals surface area contributed by atoms with Gasteiger partial charge in [-0.15, -0.1) is 12.3 Å². The Hall–Kier alpha value is -1.66. The largest absolute Gasteiger partial charge is 0.504 e. The summed E-state index contributed by atoms with van der Waals surface area (Å²) < 4.78 is 5.40. The van der Waals surface area contributed by atoms with Gasteiger partial charge >= 0.3 is 0 Å². The van der Waals surface area contributed by atoms with Gasteiger partial charge < -0.3 is 14.9 Å². The normalized spacial score (nSPS) is 35.8. The first-order chi connectivity index (χ1) is 13.4. The first-order valence-corrected chi connectivity index (χ1v) is 10.9. The molecular formula is C25H34O3. The monoisotopic (exact) mass is 382 g/mol. The number of methoxy groups -OCH3 is 1. The van der Waals surface area contributed by atoms with E-state index in [1.165, 1.54) is 43.2 Å². The molecule has 3 heteroatoms. The van der Waals surface area contributed by atoms with Crippen molar-refractivity contribution in [2.75, 3.05) is 7.11 Å². The van der Waals surface area contributed by atoms with Gasteiger partial charge in [0.1, 0.15) is 0 Å². The molecule has 2 N–H and O–H groups in total. The van der Waals surface area contributed by atoms with Crippen molar-refractivity contribution < 1.29 is 14.9 Å². The highest BCUT2D eigenvalue weighted by molar-refractivity contribution is 5.49. The molecule has 4 rings (SSSR count). The maximum Gasteiger partial charge on any atom is 0.160 e. The van der Waals surface area contributed by atoms with Crippen molar-refractivity contribution in [2.24, 2.45) is 29.1 Å². The van der Waals surface area contributed by atoms with Crippen LogP contribution < -0.4 is 4.74 Å². The minimum Gasteiger partial charge on any atom is -0.504 e. The van der Waals surface area contributed by atoms with Crippen LogP contribution in [-0.2, 0) is 6.42 Å². The Morgan fingerprint density at radius 2 is 2.07 bits per heavy atom. The molecule has 0 amide bonds. The fraction of sp³-hybridized carbons (Fsp3) is 0.680. The third kappa shape index (κ3) is 2.92. The van der Waals surface area contributed by atoms with Gasteiger partial charge in [0.15, 0.2) is 11.5 Å². The fourth-order valence-electron chi connectivity index (χ4n) is 7.23. The van der Waals surface area contributed by atoms with Crippen LogP contribution in [0, 0.1) is 41.4 Å². The molecular weight excluding hydrogens is 348 g/mol. The Kier molecular flexibility index (Phi) is 5.12. The maximum absolute atomic E-state index is 10.5. The summed E-state index contributed by atoms with van der Waals surface area (Å²) in [4.78, 5) is 0. The number of aliphatic hydroxyl groups excluding tert-OH is 1. The number of hydrogen-bond acceptors (Lipinski definition) is 3. The van der Waals surface area contributed by atoms with Gasteiger partial charge in [0.25, 0.3) is 0 Å². The highest BCUT2D eigenvalue weighted by Gasteiger charge is 2.56. The van der Waals surface area contributed by atoms with Crippen molar-refractivity contribution in [2.45, 2.75) is 70.8 Å². The Morgan fingerprint density at radius 1 is 1.29 bits per heavy atom. The summed E-state index contributed by atoms with van der Waals surface area (Å²) in [6.07, 6.45) is 12.6. The van der Waals surface area contributed by atoms with E-state index in [9.17, 15) is 10.2 Å². The van der Waals surface area contributed by atoms with Crippen molar-refractivity contribution in [1.29, 1.82) is 0 Å². The number of rotatable bonds is 4. The molecule has 2 fully saturated rings. The minimum atomic E-state index is -0.386. The number of terminal acetylenes is 1. The zero-order valence-corrected chi connectivity index (χ0v) is 17.4. The number of benzene rings is 1. The smallest absolute Gasteiger partial charge is 0.160 e. The van der Waals surface area contributed by atoms with Crippen LogP contribution >= 0.6 is 0 Å². The molecule has 3 nitrogen and oxygen atoms in total. The Balaban J connectivity index is 1.61. The molecule has 0 radical (unpaired) electrons. The molecule has 0 aromatic heterocycles. The molecule has 3 aliphatic carbocycles. The predicted octanol–water partition coefficient (Wildman–Crippen LogP) is 4.89. The van der Waals surface area contributed by atoms with Crippen LogP contribution in [-0.4, -0.2) is 23.4 Å². The summed E-state index contributed by atoms with van der Waals surface area (Å²) in [5, 5.41) is 20.7. The third-order valence-corrected chi connectivity index (χ3v) is 8.67. The van der Waals surface area contributed by atoms with E-state index in [0.29, 0.717) is 41.3 Å². The van der Waals surface area contributed by atoms with E-state index in [-0.39, 0.29) is 17.8 Å². The van der Waals surface area contributed by atoms with Gasteiger partial charge in [0, 0.05) is 6.42 Å². The second-order valence-electron chi connectivity index (χ2n) is 9.70. The van der Waals surface area contributed by atoms with Crippen LogP contribution in [0.4, 0.5) is 0 Å². The van der Waals surface area contributed by atoms with Crippen molar-refractivity contribution >= 4 is 0 Å². The van der Waals surface area contributed by atoms with E-state index >= 15 is 0 Å². The number of ether oxygens (including phenoxy) is 1. The summed E-state index contributed by atoms with van der Waals surface area (Å²) >= 11 is 0. The van der Waals surface area contributed by atoms with Gasteiger partial charge in [-0.1, -0.05) is 13.8 Å². The molecule has 28 heavy (non-hydrogen) atoms. The highest BCUT2D eigenvalue weighted by atomic mass is 16.5. The first-order valence-electron chi connectivity index (χ1n) is 10.9. The van der Waals surface area contributed by atoms with Crippen molar-refractivity contribution in [3.8, 4) is 23.8 Å². The van der Waals surface area contributed by atoms with E-state index < -0.39 is 0 Å². The van der Waals surface area contributed by atoms with Gasteiger partial charge in [0.2, 0.25) is 0 Å². The fourth-order valence-corrected chi connectivity index (χ4v) is 7.23. The number of aliphatic hydroxyl groups is 1. The second kappa shape index (κ2) is 7.30. The van der Waals surface area contributed by atoms with Crippen LogP contribution in [0.1, 0.15) is 69.4 Å². The number of aromatic hydroxyl groups is 1. The molecule has 0 bridgehead atoms. The molecule has 2 unspecified atom stereocenters. The number of phenols is 1. The molecule has 1 aromatic rings. The SMILES string of the molecule is C#CCC(O)C(C)[C@H]1CC[C@H]2[C@@H]3CCc4cc(O)c(OC)cc4[C@H]3CC[C@]12C. The lowest BCUT2D eigenvalue weighted by atomic mass is 9.53. The van der Waals surface area contributed by atoms with Crippen LogP contribution in [0.15, 0.2) is 12.1 Å². The lowest BCUT2D eigenvalue weighted by Crippen LogP contribution is -2.45. The van der Waals surface area contributed by atoms with Gasteiger partial charge in [-0.05, 0) is 96.8 Å². The average molecular weight is 383 g/mol. The van der Waals surface area contributed by atoms with E-state index in [0.717, 1.165) is 6.42 Å². The highest BCUT2D eigenvalue weighted by Crippen LogP contribution is 2.64. The minimum absolute atomic E-state index is 0.260. The van der Waals surface area contributed by atoms with E-state index in [1.807, 2.05) is 6.07 Å². The lowest BCUT2D eigenvalue weighted by Gasteiger charge is -2.52. The Bertz CT molecular complexity index is 779. The molecule has 0 aliphatic heterocycles. The van der Waals surface area contributed by atoms with Crippen LogP contribution in [0.25, 0.3) is 0 Å². The van der Waals surface area contributed by atoms with Gasteiger partial charge in [-0.2, -0.15) is 0 Å². The predicted molar refractivity (Wildman–Crippen MR) is 111 cm³/mol. The van der Waals surface area contributed by atoms with Crippen LogP contribution in [0.5, 0.6) is 11.5 Å². The molecule has 7 atom stereocenters. The number of hydrogen-bond donors (Lipinski definition) is 2. The molecule has 152 valence electrons. The van der Waals surface area contributed by atoms with Crippen LogP contribution in [0.3, 0.4) is 0 Å².